The number of nitrogens with one attached hydrogen (secondary N) is 1. The molecule has 2 N–H and O–H groups in total. The molecule has 0 aliphatic heterocycles. The second-order valence-corrected chi connectivity index (χ2v) is 3.80. The number of benzene rings is 1. The molecule has 0 bridgehead atoms. The number of aromatic hydroxyl groups is 1. The highest BCUT2D eigenvalue weighted by atomic mass is 16.6. The first kappa shape index (κ1) is 12.4. The second-order valence-electron chi connectivity index (χ2n) is 3.80. The van der Waals surface area contributed by atoms with Gasteiger partial charge in [-0.2, -0.15) is 0 Å². The quantitative estimate of drug-likeness (QED) is 0.821. The van der Waals surface area contributed by atoms with Crippen molar-refractivity contribution < 1.29 is 14.6 Å². The molecule has 0 aliphatic carbocycles. The van der Waals surface area contributed by atoms with E-state index in [1.165, 1.54) is 0 Å². The Hall–Kier alpha value is -1.71. The lowest BCUT2D eigenvalue weighted by molar-refractivity contribution is 0.116. The van der Waals surface area contributed by atoms with E-state index in [0.717, 1.165) is 5.56 Å². The number of carbonyl (C=O) groups excluding carboxylic acids is 1. The molecular formula is C12H17NO3. The summed E-state index contributed by atoms with van der Waals surface area (Å²) in [5.41, 5.74) is 1.06. The van der Waals surface area contributed by atoms with E-state index in [0.29, 0.717) is 13.0 Å². The summed E-state index contributed by atoms with van der Waals surface area (Å²) in [5.74, 6) is 0.246. The van der Waals surface area contributed by atoms with E-state index in [2.05, 4.69) is 5.32 Å². The maximum absolute atomic E-state index is 11.1. The van der Waals surface area contributed by atoms with E-state index < -0.39 is 6.09 Å². The van der Waals surface area contributed by atoms with Crippen molar-refractivity contribution in [3.05, 3.63) is 29.8 Å². The average molecular weight is 223 g/mol. The molecule has 1 aromatic carbocycles. The Labute approximate surface area is 95.2 Å². The third-order valence-electron chi connectivity index (χ3n) is 1.96. The van der Waals surface area contributed by atoms with Gasteiger partial charge in [-0.1, -0.05) is 12.1 Å². The molecule has 1 aromatic rings. The van der Waals surface area contributed by atoms with Gasteiger partial charge < -0.3 is 15.2 Å². The van der Waals surface area contributed by atoms with Crippen molar-refractivity contribution in [2.75, 3.05) is 6.54 Å². The van der Waals surface area contributed by atoms with Gasteiger partial charge in [0.15, 0.2) is 0 Å². The van der Waals surface area contributed by atoms with Gasteiger partial charge in [0, 0.05) is 6.54 Å². The van der Waals surface area contributed by atoms with Crippen LogP contribution in [0.2, 0.25) is 0 Å². The number of rotatable bonds is 4. The number of hydrogen-bond acceptors (Lipinski definition) is 3. The first-order valence-corrected chi connectivity index (χ1v) is 5.30. The van der Waals surface area contributed by atoms with E-state index >= 15 is 0 Å². The highest BCUT2D eigenvalue weighted by molar-refractivity contribution is 5.67. The molecule has 4 nitrogen and oxygen atoms in total. The summed E-state index contributed by atoms with van der Waals surface area (Å²) in [4.78, 5) is 11.1. The largest absolute Gasteiger partial charge is 0.508 e. The highest BCUT2D eigenvalue weighted by Crippen LogP contribution is 2.09. The fraction of sp³-hybridized carbons (Fsp3) is 0.417. The SMILES string of the molecule is CC(C)OC(=O)NCCc1ccc(O)cc1. The maximum Gasteiger partial charge on any atom is 0.407 e. The van der Waals surface area contributed by atoms with Crippen LogP contribution < -0.4 is 5.32 Å². The summed E-state index contributed by atoms with van der Waals surface area (Å²) >= 11 is 0. The lowest BCUT2D eigenvalue weighted by Gasteiger charge is -2.09. The van der Waals surface area contributed by atoms with Gasteiger partial charge in [-0.25, -0.2) is 4.79 Å². The first-order valence-electron chi connectivity index (χ1n) is 5.30. The van der Waals surface area contributed by atoms with E-state index in [1.807, 2.05) is 12.1 Å². The Bertz CT molecular complexity index is 333. The minimum atomic E-state index is -0.395. The molecule has 4 heteroatoms. The fourth-order valence-corrected chi connectivity index (χ4v) is 1.23. The van der Waals surface area contributed by atoms with Gasteiger partial charge in [-0.15, -0.1) is 0 Å². The molecule has 1 amide bonds. The number of phenols is 1. The van der Waals surface area contributed by atoms with Gasteiger partial charge in [0.25, 0.3) is 0 Å². The van der Waals surface area contributed by atoms with E-state index in [1.54, 1.807) is 26.0 Å². The first-order chi connectivity index (χ1) is 7.58. The third kappa shape index (κ3) is 4.68. The molecular weight excluding hydrogens is 206 g/mol. The van der Waals surface area contributed by atoms with Crippen LogP contribution in [0.1, 0.15) is 19.4 Å². The summed E-state index contributed by atoms with van der Waals surface area (Å²) in [7, 11) is 0. The molecule has 1 rings (SSSR count). The highest BCUT2D eigenvalue weighted by Gasteiger charge is 2.03. The standard InChI is InChI=1S/C12H17NO3/c1-9(2)16-12(15)13-8-7-10-3-5-11(14)6-4-10/h3-6,9,14H,7-8H2,1-2H3,(H,13,15). The van der Waals surface area contributed by atoms with Gasteiger partial charge in [-0.05, 0) is 38.0 Å². The second kappa shape index (κ2) is 6.00. The molecule has 0 aliphatic rings. The van der Waals surface area contributed by atoms with E-state index in [9.17, 15) is 4.79 Å². The normalized spacial score (nSPS) is 10.2. The number of ether oxygens (including phenoxy) is 1. The van der Waals surface area contributed by atoms with Crippen LogP contribution in [-0.2, 0) is 11.2 Å². The van der Waals surface area contributed by atoms with Crippen molar-refractivity contribution in [3.63, 3.8) is 0 Å². The molecule has 0 atom stereocenters. The lowest BCUT2D eigenvalue weighted by Crippen LogP contribution is -2.28. The van der Waals surface area contributed by atoms with Crippen molar-refractivity contribution in [2.45, 2.75) is 26.4 Å². The van der Waals surface area contributed by atoms with Crippen molar-refractivity contribution in [3.8, 4) is 5.75 Å². The smallest absolute Gasteiger partial charge is 0.407 e. The van der Waals surface area contributed by atoms with Crippen LogP contribution >= 0.6 is 0 Å². The zero-order valence-corrected chi connectivity index (χ0v) is 9.56. The van der Waals surface area contributed by atoms with E-state index in [4.69, 9.17) is 9.84 Å². The Morgan fingerprint density at radius 2 is 2.00 bits per heavy atom. The number of phenolic OH excluding ortho intramolecular Hbond substituents is 1. The minimum Gasteiger partial charge on any atom is -0.508 e. The van der Waals surface area contributed by atoms with Crippen LogP contribution in [0, 0.1) is 0 Å². The van der Waals surface area contributed by atoms with Gasteiger partial charge in [0.1, 0.15) is 5.75 Å². The van der Waals surface area contributed by atoms with Crippen molar-refractivity contribution in [1.82, 2.24) is 5.32 Å². The van der Waals surface area contributed by atoms with Crippen LogP contribution in [0.25, 0.3) is 0 Å². The predicted octanol–water partition coefficient (Wildman–Crippen LogP) is 2.07. The van der Waals surface area contributed by atoms with Crippen molar-refractivity contribution in [1.29, 1.82) is 0 Å². The van der Waals surface area contributed by atoms with Gasteiger partial charge in [0.2, 0.25) is 0 Å². The molecule has 0 unspecified atom stereocenters. The topological polar surface area (TPSA) is 58.6 Å². The molecule has 0 saturated carbocycles. The number of hydrogen-bond donors (Lipinski definition) is 2. The summed E-state index contributed by atoms with van der Waals surface area (Å²) in [6, 6.07) is 6.90. The summed E-state index contributed by atoms with van der Waals surface area (Å²) < 4.78 is 4.92. The molecule has 0 spiro atoms. The summed E-state index contributed by atoms with van der Waals surface area (Å²) in [6.45, 7) is 4.13. The van der Waals surface area contributed by atoms with Crippen molar-refractivity contribution >= 4 is 6.09 Å². The molecule has 16 heavy (non-hydrogen) atoms. The monoisotopic (exact) mass is 223 g/mol. The molecule has 0 saturated heterocycles. The summed E-state index contributed by atoms with van der Waals surface area (Å²) in [5, 5.41) is 11.7. The fourth-order valence-electron chi connectivity index (χ4n) is 1.23. The van der Waals surface area contributed by atoms with Crippen LogP contribution in [0.5, 0.6) is 5.75 Å². The van der Waals surface area contributed by atoms with Gasteiger partial charge in [-0.3, -0.25) is 0 Å². The van der Waals surface area contributed by atoms with Crippen molar-refractivity contribution in [2.24, 2.45) is 0 Å². The maximum atomic E-state index is 11.1. The zero-order chi connectivity index (χ0) is 12.0. The Kier molecular flexibility index (Phi) is 4.64. The van der Waals surface area contributed by atoms with Crippen LogP contribution in [-0.4, -0.2) is 23.8 Å². The average Bonchev–Trinajstić information content (AvgIpc) is 2.20. The predicted molar refractivity (Wildman–Crippen MR) is 61.4 cm³/mol. The molecule has 0 heterocycles. The van der Waals surface area contributed by atoms with Gasteiger partial charge in [0.05, 0.1) is 6.10 Å². The van der Waals surface area contributed by atoms with Gasteiger partial charge >= 0.3 is 6.09 Å². The Morgan fingerprint density at radius 1 is 1.38 bits per heavy atom. The number of alkyl carbamates (subject to hydrolysis) is 1. The Balaban J connectivity index is 2.25. The molecule has 0 fully saturated rings. The Morgan fingerprint density at radius 3 is 2.56 bits per heavy atom. The third-order valence-corrected chi connectivity index (χ3v) is 1.96. The zero-order valence-electron chi connectivity index (χ0n) is 9.56. The number of carbonyl (C=O) groups is 1. The molecule has 0 aromatic heterocycles. The van der Waals surface area contributed by atoms with Crippen LogP contribution in [0.3, 0.4) is 0 Å². The number of amides is 1. The minimum absolute atomic E-state index is 0.103. The summed E-state index contributed by atoms with van der Waals surface area (Å²) in [6.07, 6.45) is 0.218. The van der Waals surface area contributed by atoms with E-state index in [-0.39, 0.29) is 11.9 Å². The van der Waals surface area contributed by atoms with Crippen LogP contribution in [0.4, 0.5) is 4.79 Å². The molecule has 0 radical (unpaired) electrons. The van der Waals surface area contributed by atoms with Crippen LogP contribution in [0.15, 0.2) is 24.3 Å². The lowest BCUT2D eigenvalue weighted by atomic mass is 10.1. The molecule has 88 valence electrons.